The molecule has 2 N–H and O–H groups in total. The average molecular weight is 312 g/mol. The standard InChI is InChI=1S/C20H28N2O/c1-15-5-4-6-16(13-15)20(7-2-3-8-20)22-18(23)17-14-19(17)9-11-21-12-10-19/h4-6,13,17,21H,2-3,7-12,14H2,1H3,(H,22,23). The first-order chi connectivity index (χ1) is 11.1. The molecule has 1 saturated heterocycles. The second kappa shape index (κ2) is 5.62. The molecular formula is C20H28N2O. The van der Waals surface area contributed by atoms with Crippen LogP contribution in [0.4, 0.5) is 0 Å². The Morgan fingerprint density at radius 3 is 2.61 bits per heavy atom. The molecule has 1 aromatic carbocycles. The third-order valence-electron chi connectivity index (χ3n) is 6.50. The summed E-state index contributed by atoms with van der Waals surface area (Å²) in [5, 5.41) is 6.93. The van der Waals surface area contributed by atoms with Gasteiger partial charge in [-0.2, -0.15) is 0 Å². The molecule has 3 aliphatic rings. The van der Waals surface area contributed by atoms with Crippen LogP contribution in [-0.4, -0.2) is 19.0 Å². The average Bonchev–Trinajstić information content (AvgIpc) is 3.04. The van der Waals surface area contributed by atoms with Crippen molar-refractivity contribution in [2.24, 2.45) is 11.3 Å². The molecule has 124 valence electrons. The third-order valence-corrected chi connectivity index (χ3v) is 6.50. The normalized spacial score (nSPS) is 27.8. The fourth-order valence-corrected chi connectivity index (χ4v) is 4.93. The van der Waals surface area contributed by atoms with Crippen LogP contribution in [-0.2, 0) is 10.3 Å². The lowest BCUT2D eigenvalue weighted by Gasteiger charge is -2.32. The molecule has 1 atom stereocenters. The summed E-state index contributed by atoms with van der Waals surface area (Å²) in [7, 11) is 0. The lowest BCUT2D eigenvalue weighted by atomic mass is 9.86. The summed E-state index contributed by atoms with van der Waals surface area (Å²) in [6, 6.07) is 8.73. The van der Waals surface area contributed by atoms with Crippen molar-refractivity contribution in [3.8, 4) is 0 Å². The quantitative estimate of drug-likeness (QED) is 0.899. The van der Waals surface area contributed by atoms with Crippen molar-refractivity contribution < 1.29 is 4.79 Å². The Kier molecular flexibility index (Phi) is 3.72. The molecular weight excluding hydrogens is 284 g/mol. The van der Waals surface area contributed by atoms with Gasteiger partial charge in [-0.25, -0.2) is 0 Å². The zero-order chi connectivity index (χ0) is 15.9. The van der Waals surface area contributed by atoms with Crippen molar-refractivity contribution in [1.82, 2.24) is 10.6 Å². The molecule has 3 heteroatoms. The van der Waals surface area contributed by atoms with E-state index >= 15 is 0 Å². The van der Waals surface area contributed by atoms with Gasteiger partial charge < -0.3 is 10.6 Å². The Morgan fingerprint density at radius 1 is 1.17 bits per heavy atom. The highest BCUT2D eigenvalue weighted by Gasteiger charge is 2.58. The third kappa shape index (κ3) is 2.69. The van der Waals surface area contributed by atoms with Gasteiger partial charge in [-0.3, -0.25) is 4.79 Å². The highest BCUT2D eigenvalue weighted by molar-refractivity contribution is 5.83. The summed E-state index contributed by atoms with van der Waals surface area (Å²) in [6.45, 7) is 4.29. The van der Waals surface area contributed by atoms with Crippen LogP contribution in [0.15, 0.2) is 24.3 Å². The highest BCUT2D eigenvalue weighted by atomic mass is 16.2. The summed E-state index contributed by atoms with van der Waals surface area (Å²) in [5.74, 6) is 0.571. The summed E-state index contributed by atoms with van der Waals surface area (Å²) in [5.41, 5.74) is 2.80. The van der Waals surface area contributed by atoms with Crippen molar-refractivity contribution in [2.75, 3.05) is 13.1 Å². The van der Waals surface area contributed by atoms with Crippen LogP contribution in [0.5, 0.6) is 0 Å². The molecule has 0 aromatic heterocycles. The largest absolute Gasteiger partial charge is 0.346 e. The molecule has 1 aliphatic heterocycles. The van der Waals surface area contributed by atoms with Crippen LogP contribution in [0.1, 0.15) is 56.1 Å². The molecule has 1 aromatic rings. The van der Waals surface area contributed by atoms with E-state index in [0.717, 1.165) is 32.4 Å². The second-order valence-electron chi connectivity index (χ2n) is 8.02. The number of hydrogen-bond donors (Lipinski definition) is 2. The van der Waals surface area contributed by atoms with Gasteiger partial charge in [0.05, 0.1) is 5.54 Å². The first-order valence-electron chi connectivity index (χ1n) is 9.24. The van der Waals surface area contributed by atoms with Gasteiger partial charge in [-0.15, -0.1) is 0 Å². The van der Waals surface area contributed by atoms with E-state index in [1.54, 1.807) is 0 Å². The fraction of sp³-hybridized carbons (Fsp3) is 0.650. The number of carbonyl (C=O) groups excluding carboxylic acids is 1. The summed E-state index contributed by atoms with van der Waals surface area (Å²) in [6.07, 6.45) is 8.05. The van der Waals surface area contributed by atoms with Crippen molar-refractivity contribution in [2.45, 2.75) is 57.4 Å². The second-order valence-corrected chi connectivity index (χ2v) is 8.02. The van der Waals surface area contributed by atoms with Gasteiger partial charge in [0.15, 0.2) is 0 Å². The predicted octanol–water partition coefficient (Wildman–Crippen LogP) is 3.27. The molecule has 3 fully saturated rings. The Labute approximate surface area is 139 Å². The number of carbonyl (C=O) groups is 1. The van der Waals surface area contributed by atoms with Crippen LogP contribution in [0, 0.1) is 18.3 Å². The van der Waals surface area contributed by atoms with Crippen LogP contribution >= 0.6 is 0 Å². The molecule has 0 radical (unpaired) electrons. The Balaban J connectivity index is 1.52. The lowest BCUT2D eigenvalue weighted by Crippen LogP contribution is -2.45. The minimum atomic E-state index is -0.111. The Bertz CT molecular complexity index is 597. The molecule has 3 nitrogen and oxygen atoms in total. The monoisotopic (exact) mass is 312 g/mol. The smallest absolute Gasteiger partial charge is 0.224 e. The van der Waals surface area contributed by atoms with E-state index in [0.29, 0.717) is 11.3 Å². The van der Waals surface area contributed by atoms with Gasteiger partial charge in [0.2, 0.25) is 5.91 Å². The maximum atomic E-state index is 13.0. The van der Waals surface area contributed by atoms with Gasteiger partial charge >= 0.3 is 0 Å². The van der Waals surface area contributed by atoms with Gasteiger partial charge in [0, 0.05) is 5.92 Å². The Hall–Kier alpha value is -1.35. The first kappa shape index (κ1) is 15.2. The molecule has 1 spiro atoms. The number of amides is 1. The minimum absolute atomic E-state index is 0.111. The van der Waals surface area contributed by atoms with E-state index < -0.39 is 0 Å². The van der Waals surface area contributed by atoms with Gasteiger partial charge in [0.1, 0.15) is 0 Å². The first-order valence-corrected chi connectivity index (χ1v) is 9.24. The van der Waals surface area contributed by atoms with Crippen LogP contribution in [0.2, 0.25) is 0 Å². The number of hydrogen-bond acceptors (Lipinski definition) is 2. The van der Waals surface area contributed by atoms with Gasteiger partial charge in [-0.1, -0.05) is 42.7 Å². The van der Waals surface area contributed by atoms with E-state index in [4.69, 9.17) is 0 Å². The van der Waals surface area contributed by atoms with Crippen LogP contribution in [0.25, 0.3) is 0 Å². The number of benzene rings is 1. The Morgan fingerprint density at radius 2 is 1.91 bits per heavy atom. The topological polar surface area (TPSA) is 41.1 Å². The van der Waals surface area contributed by atoms with Crippen LogP contribution in [0.3, 0.4) is 0 Å². The maximum Gasteiger partial charge on any atom is 0.224 e. The van der Waals surface area contributed by atoms with Crippen LogP contribution < -0.4 is 10.6 Å². The van der Waals surface area contributed by atoms with Crippen molar-refractivity contribution in [1.29, 1.82) is 0 Å². The number of aryl methyl sites for hydroxylation is 1. The number of rotatable bonds is 3. The van der Waals surface area contributed by atoms with Crippen molar-refractivity contribution in [3.05, 3.63) is 35.4 Å². The highest BCUT2D eigenvalue weighted by Crippen LogP contribution is 2.59. The maximum absolute atomic E-state index is 13.0. The van der Waals surface area contributed by atoms with Crippen molar-refractivity contribution in [3.63, 3.8) is 0 Å². The van der Waals surface area contributed by atoms with Crippen molar-refractivity contribution >= 4 is 5.91 Å². The van der Waals surface area contributed by atoms with E-state index in [1.165, 1.54) is 36.8 Å². The zero-order valence-corrected chi connectivity index (χ0v) is 14.2. The molecule has 1 unspecified atom stereocenters. The zero-order valence-electron chi connectivity index (χ0n) is 14.2. The van der Waals surface area contributed by atoms with E-state index in [1.807, 2.05) is 0 Å². The van der Waals surface area contributed by atoms with Gasteiger partial charge in [0.25, 0.3) is 0 Å². The summed E-state index contributed by atoms with van der Waals surface area (Å²) < 4.78 is 0. The number of nitrogens with one attached hydrogen (secondary N) is 2. The summed E-state index contributed by atoms with van der Waals surface area (Å²) >= 11 is 0. The molecule has 2 aliphatic carbocycles. The van der Waals surface area contributed by atoms with E-state index in [2.05, 4.69) is 41.8 Å². The predicted molar refractivity (Wildman–Crippen MR) is 92.1 cm³/mol. The molecule has 0 bridgehead atoms. The summed E-state index contributed by atoms with van der Waals surface area (Å²) in [4.78, 5) is 13.0. The minimum Gasteiger partial charge on any atom is -0.346 e. The molecule has 1 amide bonds. The van der Waals surface area contributed by atoms with Gasteiger partial charge in [-0.05, 0) is 63.1 Å². The SMILES string of the molecule is Cc1cccc(C2(NC(=O)C3CC34CCNCC4)CCCC2)c1. The van der Waals surface area contributed by atoms with E-state index in [9.17, 15) is 4.79 Å². The molecule has 4 rings (SSSR count). The molecule has 23 heavy (non-hydrogen) atoms. The fourth-order valence-electron chi connectivity index (χ4n) is 4.93. The van der Waals surface area contributed by atoms with E-state index in [-0.39, 0.29) is 11.5 Å². The molecule has 1 heterocycles. The molecule has 2 saturated carbocycles. The lowest BCUT2D eigenvalue weighted by molar-refractivity contribution is -0.125. The number of piperidine rings is 1.